The molecule has 0 saturated carbocycles. The summed E-state index contributed by atoms with van der Waals surface area (Å²) in [7, 11) is 0. The van der Waals surface area contributed by atoms with Crippen LogP contribution < -0.4 is 21.3 Å². The van der Waals surface area contributed by atoms with E-state index in [1.165, 1.54) is 36.4 Å². The summed E-state index contributed by atoms with van der Waals surface area (Å²) in [4.78, 5) is 78.7. The standard InChI is InChI=1S/C46H36Cl4F6N8O6/c1-5-29-30(6-2)34(58-44(70)40(22(4)66)64-62-28-18-24(16-26(48)20-28)42(68)60-36-12-8-10-32(38(36)50)46(54,55)56)14-13-33(29)57-43(69)39(21(3)65)63-61-27-17-23(15-25(47)19-27)41(67)59-35-11-7-9-31(37(35)49)45(51,52)53/h7-20,39-40H,5-6H2,1-4H3,(H,57,69)(H,58,70)(H,59,67)(H,60,68). The third-order valence-corrected chi connectivity index (χ3v) is 11.1. The molecule has 24 heteroatoms. The van der Waals surface area contributed by atoms with Gasteiger partial charge in [-0.2, -0.15) is 46.8 Å². The molecule has 0 aliphatic heterocycles. The number of alkyl halides is 6. The number of carbonyl (C=O) groups is 6. The molecule has 0 spiro atoms. The van der Waals surface area contributed by atoms with Gasteiger partial charge in [-0.1, -0.05) is 72.4 Å². The Morgan fingerprint density at radius 2 is 0.871 bits per heavy atom. The second-order valence-electron chi connectivity index (χ2n) is 14.9. The maximum atomic E-state index is 13.6. The molecule has 0 aliphatic rings. The SMILES string of the molecule is CCc1c(NC(=O)C(N=Nc2cc(Cl)cc(C(=O)Nc3cccc(C(F)(F)F)c3Cl)c2)C(C)=O)ccc(NC(=O)C(N=Nc2cc(Cl)cc(C(=O)Nc3cccc(C(F)(F)F)c3Cl)c2)C(C)=O)c1CC. The van der Waals surface area contributed by atoms with Gasteiger partial charge in [0.1, 0.15) is 0 Å². The number of nitrogens with zero attached hydrogens (tertiary/aromatic N) is 4. The average Bonchev–Trinajstić information content (AvgIpc) is 3.26. The van der Waals surface area contributed by atoms with E-state index in [4.69, 9.17) is 46.4 Å². The Kier molecular flexibility index (Phi) is 17.6. The van der Waals surface area contributed by atoms with Gasteiger partial charge in [-0.25, -0.2) is 0 Å². The number of carbonyl (C=O) groups excluding carboxylic acids is 6. The molecule has 0 bridgehead atoms. The van der Waals surface area contributed by atoms with Crippen molar-refractivity contribution in [2.45, 2.75) is 65.0 Å². The van der Waals surface area contributed by atoms with E-state index < -0.39 is 80.8 Å². The summed E-state index contributed by atoms with van der Waals surface area (Å²) < 4.78 is 80.2. The number of benzene rings is 5. The Morgan fingerprint density at radius 1 is 0.514 bits per heavy atom. The monoisotopic (exact) mass is 1050 g/mol. The second-order valence-corrected chi connectivity index (χ2v) is 16.5. The number of hydrogen-bond donors (Lipinski definition) is 4. The summed E-state index contributed by atoms with van der Waals surface area (Å²) in [6.45, 7) is 5.68. The molecule has 4 amide bonds. The number of azo groups is 2. The van der Waals surface area contributed by atoms with Gasteiger partial charge in [0.25, 0.3) is 23.6 Å². The number of nitrogens with one attached hydrogen (secondary N) is 4. The minimum absolute atomic E-state index is 0.0464. The lowest BCUT2D eigenvalue weighted by atomic mass is 9.98. The summed E-state index contributed by atoms with van der Waals surface area (Å²) in [6.07, 6.45) is -9.01. The maximum absolute atomic E-state index is 13.6. The van der Waals surface area contributed by atoms with Crippen LogP contribution >= 0.6 is 46.4 Å². The minimum Gasteiger partial charge on any atom is -0.323 e. The fourth-order valence-corrected chi connectivity index (χ4v) is 7.65. The van der Waals surface area contributed by atoms with Crippen molar-refractivity contribution in [1.82, 2.24) is 0 Å². The van der Waals surface area contributed by atoms with Crippen molar-refractivity contribution in [3.63, 3.8) is 0 Å². The predicted octanol–water partition coefficient (Wildman–Crippen LogP) is 13.3. The van der Waals surface area contributed by atoms with Gasteiger partial charge < -0.3 is 21.3 Å². The Hall–Kier alpha value is -6.74. The minimum atomic E-state index is -4.79. The van der Waals surface area contributed by atoms with Crippen LogP contribution in [0.3, 0.4) is 0 Å². The van der Waals surface area contributed by atoms with Crippen molar-refractivity contribution in [2.75, 3.05) is 21.3 Å². The van der Waals surface area contributed by atoms with Gasteiger partial charge in [-0.15, -0.1) is 0 Å². The van der Waals surface area contributed by atoms with Crippen LogP contribution in [0.1, 0.15) is 70.7 Å². The van der Waals surface area contributed by atoms with Gasteiger partial charge in [-0.3, -0.25) is 28.8 Å². The first-order valence-electron chi connectivity index (χ1n) is 20.4. The van der Waals surface area contributed by atoms with E-state index in [2.05, 4.69) is 41.7 Å². The highest BCUT2D eigenvalue weighted by Crippen LogP contribution is 2.40. The smallest absolute Gasteiger partial charge is 0.323 e. The topological polar surface area (TPSA) is 200 Å². The Labute approximate surface area is 414 Å². The normalized spacial score (nSPS) is 12.7. The third kappa shape index (κ3) is 13.5. The number of Topliss-reactive ketones (excluding diaryl/α,β-unsaturated/α-hetero) is 2. The zero-order chi connectivity index (χ0) is 51.8. The highest BCUT2D eigenvalue weighted by molar-refractivity contribution is 6.35. The third-order valence-electron chi connectivity index (χ3n) is 9.89. The number of rotatable bonds is 16. The van der Waals surface area contributed by atoms with Gasteiger partial charge in [0.05, 0.1) is 43.9 Å². The summed E-state index contributed by atoms with van der Waals surface area (Å²) >= 11 is 24.2. The van der Waals surface area contributed by atoms with Crippen molar-refractivity contribution in [3.05, 3.63) is 138 Å². The molecule has 2 unspecified atom stereocenters. The summed E-state index contributed by atoms with van der Waals surface area (Å²) in [5.41, 5.74) is -2.03. The molecule has 2 atom stereocenters. The largest absolute Gasteiger partial charge is 0.417 e. The van der Waals surface area contributed by atoms with Crippen molar-refractivity contribution in [1.29, 1.82) is 0 Å². The van der Waals surface area contributed by atoms with E-state index in [0.29, 0.717) is 11.1 Å². The van der Waals surface area contributed by atoms with Crippen molar-refractivity contribution < 1.29 is 55.1 Å². The number of hydrogen-bond acceptors (Lipinski definition) is 10. The van der Waals surface area contributed by atoms with Crippen LogP contribution in [-0.4, -0.2) is 47.3 Å². The van der Waals surface area contributed by atoms with Crippen LogP contribution in [0, 0.1) is 0 Å². The first-order chi connectivity index (χ1) is 32.8. The predicted molar refractivity (Wildman–Crippen MR) is 252 cm³/mol. The van der Waals surface area contributed by atoms with Gasteiger partial charge in [0.15, 0.2) is 11.6 Å². The van der Waals surface area contributed by atoms with Crippen LogP contribution in [0.25, 0.3) is 0 Å². The van der Waals surface area contributed by atoms with E-state index in [9.17, 15) is 55.1 Å². The Bertz CT molecular complexity index is 2770. The Balaban J connectivity index is 1.31. The lowest BCUT2D eigenvalue weighted by Crippen LogP contribution is -2.33. The van der Waals surface area contributed by atoms with Crippen molar-refractivity contribution in [3.8, 4) is 0 Å². The quantitative estimate of drug-likeness (QED) is 0.0430. The molecule has 0 aliphatic carbocycles. The zero-order valence-electron chi connectivity index (χ0n) is 36.7. The Morgan fingerprint density at radius 3 is 1.19 bits per heavy atom. The lowest BCUT2D eigenvalue weighted by Gasteiger charge is -2.20. The van der Waals surface area contributed by atoms with Gasteiger partial charge in [-0.05, 0) is 111 Å². The number of anilines is 4. The molecule has 5 rings (SSSR count). The molecule has 0 radical (unpaired) electrons. The average molecular weight is 1050 g/mol. The number of ketones is 2. The number of amides is 4. The highest BCUT2D eigenvalue weighted by Gasteiger charge is 2.35. The zero-order valence-corrected chi connectivity index (χ0v) is 39.7. The molecule has 5 aromatic carbocycles. The van der Waals surface area contributed by atoms with Crippen LogP contribution in [0.15, 0.2) is 105 Å². The van der Waals surface area contributed by atoms with Gasteiger partial charge >= 0.3 is 12.4 Å². The van der Waals surface area contributed by atoms with Crippen LogP contribution in [0.4, 0.5) is 60.5 Å². The van der Waals surface area contributed by atoms with Crippen LogP contribution in [0.2, 0.25) is 20.1 Å². The van der Waals surface area contributed by atoms with E-state index in [1.807, 2.05) is 0 Å². The molecular formula is C46H36Cl4F6N8O6. The summed E-state index contributed by atoms with van der Waals surface area (Å²) in [5, 5.41) is 24.0. The van der Waals surface area contributed by atoms with Crippen molar-refractivity contribution >= 4 is 116 Å². The molecule has 0 heterocycles. The molecule has 0 aromatic heterocycles. The van der Waals surface area contributed by atoms with E-state index in [1.54, 1.807) is 13.8 Å². The maximum Gasteiger partial charge on any atom is 0.417 e. The first kappa shape index (κ1) is 54.2. The first-order valence-corrected chi connectivity index (χ1v) is 21.9. The van der Waals surface area contributed by atoms with Gasteiger partial charge in [0, 0.05) is 32.5 Å². The fourth-order valence-electron chi connectivity index (χ4n) is 6.63. The summed E-state index contributed by atoms with van der Waals surface area (Å²) in [5.74, 6) is -5.13. The lowest BCUT2D eigenvalue weighted by molar-refractivity contribution is -0.138. The summed E-state index contributed by atoms with van der Waals surface area (Å²) in [6, 6.07) is 12.6. The van der Waals surface area contributed by atoms with E-state index in [0.717, 1.165) is 62.4 Å². The number of halogens is 10. The van der Waals surface area contributed by atoms with E-state index in [-0.39, 0.29) is 68.1 Å². The molecule has 4 N–H and O–H groups in total. The van der Waals surface area contributed by atoms with Gasteiger partial charge in [0.2, 0.25) is 12.1 Å². The van der Waals surface area contributed by atoms with Crippen LogP contribution in [-0.2, 0) is 44.4 Å². The molecule has 366 valence electrons. The molecule has 0 fully saturated rings. The highest BCUT2D eigenvalue weighted by atomic mass is 35.5. The molecule has 14 nitrogen and oxygen atoms in total. The van der Waals surface area contributed by atoms with E-state index >= 15 is 0 Å². The molecule has 0 saturated heterocycles. The molecule has 70 heavy (non-hydrogen) atoms. The molecule has 5 aromatic rings. The second kappa shape index (κ2) is 22.8. The molecular weight excluding hydrogens is 1020 g/mol. The van der Waals surface area contributed by atoms with Crippen LogP contribution in [0.5, 0.6) is 0 Å². The fraction of sp³-hybridized carbons (Fsp3) is 0.217. The van der Waals surface area contributed by atoms with Crippen molar-refractivity contribution in [2.24, 2.45) is 20.5 Å².